The van der Waals surface area contributed by atoms with Crippen LogP contribution >= 0.6 is 0 Å². The summed E-state index contributed by atoms with van der Waals surface area (Å²) in [6, 6.07) is 0. The molecule has 0 radical (unpaired) electrons. The van der Waals surface area contributed by atoms with Gasteiger partial charge in [-0.05, 0) is 38.0 Å². The fraction of sp³-hybridized carbons (Fsp3) is 1.00. The van der Waals surface area contributed by atoms with Gasteiger partial charge in [0.15, 0.2) is 0 Å². The molecule has 2 saturated carbocycles. The number of hydrogen-bond donors (Lipinski definition) is 2. The van der Waals surface area contributed by atoms with Crippen LogP contribution in [0.3, 0.4) is 0 Å². The second kappa shape index (κ2) is 1.74. The first kappa shape index (κ1) is 6.62. The maximum absolute atomic E-state index is 9.59. The van der Waals surface area contributed by atoms with Crippen molar-refractivity contribution in [3.63, 3.8) is 0 Å². The summed E-state index contributed by atoms with van der Waals surface area (Å²) < 4.78 is 0. The summed E-state index contributed by atoms with van der Waals surface area (Å²) in [6.07, 6.45) is 2.38. The minimum Gasteiger partial charge on any atom is -0.390 e. The Balaban J connectivity index is 2.08. The first-order chi connectivity index (χ1) is 4.59. The third-order valence-electron chi connectivity index (χ3n) is 2.99. The first-order valence-corrected chi connectivity index (χ1v) is 4.00. The smallest absolute Gasteiger partial charge is 0.0880 e. The van der Waals surface area contributed by atoms with Gasteiger partial charge in [-0.15, -0.1) is 0 Å². The zero-order valence-corrected chi connectivity index (χ0v) is 6.25. The minimum atomic E-state index is -0.794. The lowest BCUT2D eigenvalue weighted by Crippen LogP contribution is -2.42. The Labute approximate surface area is 60.9 Å². The Morgan fingerprint density at radius 1 is 1.30 bits per heavy atom. The topological polar surface area (TPSA) is 40.5 Å². The molecule has 10 heavy (non-hydrogen) atoms. The van der Waals surface area contributed by atoms with E-state index < -0.39 is 11.7 Å². The van der Waals surface area contributed by atoms with E-state index in [0.29, 0.717) is 0 Å². The molecule has 0 spiro atoms. The summed E-state index contributed by atoms with van der Waals surface area (Å²) >= 11 is 0. The monoisotopic (exact) mass is 142 g/mol. The van der Waals surface area contributed by atoms with Crippen LogP contribution in [-0.4, -0.2) is 21.9 Å². The van der Waals surface area contributed by atoms with E-state index in [4.69, 9.17) is 0 Å². The normalized spacial score (nSPS) is 59.7. The lowest BCUT2D eigenvalue weighted by molar-refractivity contribution is -0.0892. The van der Waals surface area contributed by atoms with Gasteiger partial charge in [0.25, 0.3) is 0 Å². The largest absolute Gasteiger partial charge is 0.390 e. The van der Waals surface area contributed by atoms with Crippen LogP contribution < -0.4 is 0 Å². The van der Waals surface area contributed by atoms with Crippen LogP contribution in [0.4, 0.5) is 0 Å². The van der Waals surface area contributed by atoms with E-state index in [-0.39, 0.29) is 0 Å². The predicted octanol–water partition coefficient (Wildman–Crippen LogP) is 0.528. The van der Waals surface area contributed by atoms with E-state index in [2.05, 4.69) is 0 Å². The Hall–Kier alpha value is -0.0800. The van der Waals surface area contributed by atoms with E-state index >= 15 is 0 Å². The molecule has 2 heteroatoms. The molecule has 2 aliphatic rings. The predicted molar refractivity (Wildman–Crippen MR) is 37.5 cm³/mol. The molecule has 0 aromatic carbocycles. The lowest BCUT2D eigenvalue weighted by atomic mass is 9.84. The zero-order valence-electron chi connectivity index (χ0n) is 6.25. The molecule has 0 heterocycles. The molecule has 0 unspecified atom stereocenters. The van der Waals surface area contributed by atoms with Gasteiger partial charge in [-0.3, -0.25) is 0 Å². The summed E-state index contributed by atoms with van der Waals surface area (Å²) in [5.74, 6) is 1.45. The van der Waals surface area contributed by atoms with Crippen LogP contribution in [0.25, 0.3) is 0 Å². The molecule has 0 aromatic rings. The highest BCUT2D eigenvalue weighted by atomic mass is 16.3. The second-order valence-corrected chi connectivity index (χ2v) is 4.07. The fourth-order valence-corrected chi connectivity index (χ4v) is 2.06. The van der Waals surface area contributed by atoms with Gasteiger partial charge in [-0.1, -0.05) is 0 Å². The van der Waals surface area contributed by atoms with Crippen molar-refractivity contribution in [3.05, 3.63) is 0 Å². The highest BCUT2D eigenvalue weighted by molar-refractivity contribution is 5.01. The average molecular weight is 142 g/mol. The van der Waals surface area contributed by atoms with Gasteiger partial charge in [-0.2, -0.15) is 0 Å². The molecule has 58 valence electrons. The fourth-order valence-electron chi connectivity index (χ4n) is 2.06. The van der Waals surface area contributed by atoms with Crippen LogP contribution in [0.5, 0.6) is 0 Å². The van der Waals surface area contributed by atoms with Crippen LogP contribution in [-0.2, 0) is 0 Å². The zero-order chi connectivity index (χ0) is 7.35. The van der Waals surface area contributed by atoms with E-state index in [1.165, 1.54) is 6.42 Å². The third kappa shape index (κ3) is 0.867. The first-order valence-electron chi connectivity index (χ1n) is 4.00. The second-order valence-electron chi connectivity index (χ2n) is 4.07. The molecular weight excluding hydrogens is 128 g/mol. The molecule has 0 amide bonds. The van der Waals surface area contributed by atoms with E-state index in [1.807, 2.05) is 0 Å². The summed E-state index contributed by atoms with van der Waals surface area (Å²) in [7, 11) is 0. The molecule has 2 N–H and O–H groups in total. The van der Waals surface area contributed by atoms with Crippen LogP contribution in [0, 0.1) is 11.8 Å². The van der Waals surface area contributed by atoms with Gasteiger partial charge in [0.05, 0.1) is 11.7 Å². The molecule has 2 aliphatic carbocycles. The minimum absolute atomic E-state index is 0.476. The Bertz CT molecular complexity index is 153. The number of hydrogen-bond acceptors (Lipinski definition) is 2. The van der Waals surface area contributed by atoms with Gasteiger partial charge < -0.3 is 10.2 Å². The van der Waals surface area contributed by atoms with Crippen molar-refractivity contribution in [1.29, 1.82) is 0 Å². The van der Waals surface area contributed by atoms with Crippen molar-refractivity contribution in [3.8, 4) is 0 Å². The average Bonchev–Trinajstić information content (AvgIpc) is 2.44. The van der Waals surface area contributed by atoms with E-state index in [1.54, 1.807) is 6.92 Å². The summed E-state index contributed by atoms with van der Waals surface area (Å²) in [6.45, 7) is 1.74. The quantitative estimate of drug-likeness (QED) is 0.518. The van der Waals surface area contributed by atoms with Crippen molar-refractivity contribution < 1.29 is 10.2 Å². The molecule has 0 aliphatic heterocycles. The lowest BCUT2D eigenvalue weighted by Gasteiger charge is -2.32. The van der Waals surface area contributed by atoms with E-state index in [9.17, 15) is 10.2 Å². The molecule has 0 aromatic heterocycles. The Morgan fingerprint density at radius 3 is 2.60 bits per heavy atom. The summed E-state index contributed by atoms with van der Waals surface area (Å²) in [4.78, 5) is 0. The van der Waals surface area contributed by atoms with Crippen molar-refractivity contribution in [2.24, 2.45) is 11.8 Å². The molecule has 2 nitrogen and oxygen atoms in total. The van der Waals surface area contributed by atoms with Crippen LogP contribution in [0.2, 0.25) is 0 Å². The number of fused-ring (bicyclic) bond motifs is 1. The molecule has 0 saturated heterocycles. The Morgan fingerprint density at radius 2 is 2.00 bits per heavy atom. The third-order valence-corrected chi connectivity index (χ3v) is 2.99. The maximum Gasteiger partial charge on any atom is 0.0880 e. The number of aliphatic hydroxyl groups excluding tert-OH is 1. The van der Waals surface area contributed by atoms with Crippen molar-refractivity contribution >= 4 is 0 Å². The van der Waals surface area contributed by atoms with Gasteiger partial charge in [-0.25, -0.2) is 0 Å². The summed E-state index contributed by atoms with van der Waals surface area (Å²) in [5.41, 5.74) is -0.794. The highest BCUT2D eigenvalue weighted by Crippen LogP contribution is 2.52. The van der Waals surface area contributed by atoms with Crippen molar-refractivity contribution in [2.45, 2.75) is 37.9 Å². The molecule has 2 fully saturated rings. The maximum atomic E-state index is 9.59. The standard InChI is InChI=1S/C8H14O2/c1-8(10)4-6-2-5(6)3-7(8)9/h5-7,9-10H,2-4H2,1H3/t5-,6+,7+,8+/m1/s1. The molecule has 4 atom stereocenters. The van der Waals surface area contributed by atoms with Crippen LogP contribution in [0.15, 0.2) is 0 Å². The molecule has 2 rings (SSSR count). The highest BCUT2D eigenvalue weighted by Gasteiger charge is 2.50. The summed E-state index contributed by atoms with van der Waals surface area (Å²) in [5, 5.41) is 19.0. The van der Waals surface area contributed by atoms with Crippen molar-refractivity contribution in [1.82, 2.24) is 0 Å². The van der Waals surface area contributed by atoms with Gasteiger partial charge in [0.2, 0.25) is 0 Å². The van der Waals surface area contributed by atoms with Gasteiger partial charge in [0.1, 0.15) is 0 Å². The molecular formula is C8H14O2. The number of rotatable bonds is 0. The van der Waals surface area contributed by atoms with Gasteiger partial charge in [0, 0.05) is 0 Å². The Kier molecular flexibility index (Phi) is 1.15. The van der Waals surface area contributed by atoms with Crippen molar-refractivity contribution in [2.75, 3.05) is 0 Å². The van der Waals surface area contributed by atoms with Crippen LogP contribution in [0.1, 0.15) is 26.2 Å². The SMILES string of the molecule is C[C@]1(O)C[C@@H]2C[C@@H]2C[C@@H]1O. The van der Waals surface area contributed by atoms with E-state index in [0.717, 1.165) is 24.7 Å². The molecule has 0 bridgehead atoms. The number of aliphatic hydroxyl groups is 2. The van der Waals surface area contributed by atoms with Gasteiger partial charge >= 0.3 is 0 Å².